The van der Waals surface area contributed by atoms with E-state index in [0.29, 0.717) is 0 Å². The van der Waals surface area contributed by atoms with E-state index in [4.69, 9.17) is 0 Å². The highest BCUT2D eigenvalue weighted by Gasteiger charge is 2.44. The molecule has 0 N–H and O–H groups in total. The van der Waals surface area contributed by atoms with Gasteiger partial charge in [-0.05, 0) is 125 Å². The summed E-state index contributed by atoms with van der Waals surface area (Å²) in [5.74, 6) is 0. The van der Waals surface area contributed by atoms with Crippen molar-refractivity contribution in [3.63, 3.8) is 0 Å². The van der Waals surface area contributed by atoms with Crippen molar-refractivity contribution in [3.05, 3.63) is 273 Å². The normalized spacial score (nSPS) is 21.3. The minimum absolute atomic E-state index is 0.406. The molecule has 0 fully saturated rings. The van der Waals surface area contributed by atoms with E-state index in [0.717, 1.165) is 0 Å². The van der Waals surface area contributed by atoms with Gasteiger partial charge in [0.05, 0.1) is 10.8 Å². The van der Waals surface area contributed by atoms with Gasteiger partial charge in [-0.1, -0.05) is 217 Å². The second kappa shape index (κ2) is 13.1. The molecule has 0 aromatic heterocycles. The lowest BCUT2D eigenvalue weighted by Gasteiger charge is -2.37. The smallest absolute Gasteiger partial charge is 0.0587 e. The molecule has 0 amide bonds. The molecule has 0 saturated heterocycles. The van der Waals surface area contributed by atoms with Crippen molar-refractivity contribution in [1.82, 2.24) is 0 Å². The van der Waals surface area contributed by atoms with E-state index in [1.807, 2.05) is 0 Å². The minimum atomic E-state index is -0.411. The Balaban J connectivity index is 1.07. The van der Waals surface area contributed by atoms with Crippen molar-refractivity contribution in [1.29, 1.82) is 0 Å². The molecule has 0 saturated carbocycles. The summed E-state index contributed by atoms with van der Waals surface area (Å²) in [7, 11) is 0. The van der Waals surface area contributed by atoms with Gasteiger partial charge in [0.2, 0.25) is 0 Å². The Bertz CT molecular complexity index is 3370. The minimum Gasteiger partial charge on any atom is -0.0651 e. The molecule has 6 aromatic rings. The topological polar surface area (TPSA) is 0 Å². The predicted octanol–water partition coefficient (Wildman–Crippen LogP) is 11.2. The lowest BCUT2D eigenvalue weighted by Crippen LogP contribution is -2.26. The maximum Gasteiger partial charge on any atom is 0.0587 e. The average molecular weight is 763 g/mol. The Morgan fingerprint density at radius 3 is 1.22 bits per heavy atom. The molecule has 12 rings (SSSR count). The largest absolute Gasteiger partial charge is 0.0651 e. The molecule has 2 atom stereocenters. The lowest BCUT2D eigenvalue weighted by molar-refractivity contribution is 0.856. The van der Waals surface area contributed by atoms with Gasteiger partial charge in [-0.2, -0.15) is 0 Å². The van der Waals surface area contributed by atoms with Gasteiger partial charge in [-0.3, -0.25) is 0 Å². The number of fused-ring (bicyclic) bond motifs is 2. The van der Waals surface area contributed by atoms with Crippen molar-refractivity contribution in [3.8, 4) is 22.3 Å². The van der Waals surface area contributed by atoms with Gasteiger partial charge < -0.3 is 0 Å². The second-order valence-electron chi connectivity index (χ2n) is 17.0. The first-order chi connectivity index (χ1) is 29.5. The third kappa shape index (κ3) is 5.10. The molecule has 0 heteroatoms. The Kier molecular flexibility index (Phi) is 7.59. The molecule has 0 radical (unpaired) electrons. The first-order valence-corrected chi connectivity index (χ1v) is 21.2. The molecule has 282 valence electrons. The first-order valence-electron chi connectivity index (χ1n) is 21.2. The highest BCUT2D eigenvalue weighted by molar-refractivity contribution is 6.02. The van der Waals surface area contributed by atoms with Crippen LogP contribution in [0.3, 0.4) is 0 Å². The van der Waals surface area contributed by atoms with Crippen LogP contribution in [0.5, 0.6) is 0 Å². The van der Waals surface area contributed by atoms with Crippen molar-refractivity contribution in [2.24, 2.45) is 10.8 Å². The molecule has 0 heterocycles. The molecule has 6 aliphatic rings. The monoisotopic (exact) mass is 762 g/mol. The molecule has 2 unspecified atom stereocenters. The molecule has 0 nitrogen and oxygen atoms in total. The fourth-order valence-corrected chi connectivity index (χ4v) is 10.6. The van der Waals surface area contributed by atoms with Gasteiger partial charge in [0.25, 0.3) is 0 Å². The average Bonchev–Trinajstić information content (AvgIpc) is 3.77. The van der Waals surface area contributed by atoms with Crippen LogP contribution in [-0.2, 0) is 0 Å². The number of hydrogen-bond donors (Lipinski definition) is 0. The summed E-state index contributed by atoms with van der Waals surface area (Å²) in [5, 5.41) is 5.28. The van der Waals surface area contributed by atoms with Crippen molar-refractivity contribution < 1.29 is 0 Å². The SMILES string of the molecule is Cc1ccc(C2=CC3=c4cccc(-c5ccc(C)cc5)c4=C4C=CC(C5=CC67C=CC(c8ccccc8)=CC6=c6cccc(-c8ccccc8)c6=C7C=C5)=CC34C=C2)cc1. The van der Waals surface area contributed by atoms with Crippen LogP contribution in [0.2, 0.25) is 0 Å². The number of aryl methyl sites for hydroxylation is 2. The summed E-state index contributed by atoms with van der Waals surface area (Å²) in [6, 6.07) is 53.4. The second-order valence-corrected chi connectivity index (χ2v) is 17.0. The van der Waals surface area contributed by atoms with E-state index in [1.54, 1.807) is 0 Å². The summed E-state index contributed by atoms with van der Waals surface area (Å²) >= 11 is 0. The summed E-state index contributed by atoms with van der Waals surface area (Å²) in [6.07, 6.45) is 29.3. The summed E-state index contributed by atoms with van der Waals surface area (Å²) in [6.45, 7) is 4.32. The van der Waals surface area contributed by atoms with E-state index in [9.17, 15) is 0 Å². The zero-order valence-corrected chi connectivity index (χ0v) is 33.8. The quantitative estimate of drug-likeness (QED) is 0.164. The Morgan fingerprint density at radius 2 is 0.733 bits per heavy atom. The van der Waals surface area contributed by atoms with Crippen LogP contribution in [0, 0.1) is 24.7 Å². The highest BCUT2D eigenvalue weighted by Crippen LogP contribution is 2.54. The van der Waals surface area contributed by atoms with Crippen LogP contribution < -0.4 is 20.9 Å². The fraction of sp³-hybridized carbons (Fsp3) is 0.0667. The molecule has 6 aromatic carbocycles. The first kappa shape index (κ1) is 34.7. The zero-order chi connectivity index (χ0) is 40.0. The molecule has 6 aliphatic carbocycles. The van der Waals surface area contributed by atoms with E-state index in [2.05, 4.69) is 232 Å². The Morgan fingerprint density at radius 1 is 0.317 bits per heavy atom. The lowest BCUT2D eigenvalue weighted by atomic mass is 9.66. The molecule has 0 aliphatic heterocycles. The van der Waals surface area contributed by atoms with Gasteiger partial charge in [-0.25, -0.2) is 0 Å². The zero-order valence-electron chi connectivity index (χ0n) is 33.8. The van der Waals surface area contributed by atoms with Crippen molar-refractivity contribution in [2.75, 3.05) is 0 Å². The number of benzene rings is 6. The van der Waals surface area contributed by atoms with E-state index in [1.165, 1.54) is 110 Å². The Labute approximate surface area is 351 Å². The van der Waals surface area contributed by atoms with Crippen LogP contribution in [0.15, 0.2) is 230 Å². The summed E-state index contributed by atoms with van der Waals surface area (Å²) < 4.78 is 0. The molecule has 2 spiro atoms. The van der Waals surface area contributed by atoms with Crippen LogP contribution in [0.4, 0.5) is 0 Å². The van der Waals surface area contributed by atoms with Gasteiger partial charge in [0, 0.05) is 0 Å². The van der Waals surface area contributed by atoms with Crippen molar-refractivity contribution >= 4 is 33.4 Å². The standard InChI is InChI=1S/C60H42/c1-39-19-23-42(24-20-39)46-32-34-60-38-48(28-30-54(60)58-50(44-25-21-40(2)22-26-44)16-10-18-52(58)56(60)36-46)47-27-29-53-57-49(43-13-7-4-8-14-43)15-9-17-51(57)55-35-45(31-33-59(53,55)37-47)41-11-5-3-6-12-41/h3-38H,1-2H3. The number of allylic oxidation sites excluding steroid dienone is 16. The van der Waals surface area contributed by atoms with Crippen LogP contribution >= 0.6 is 0 Å². The van der Waals surface area contributed by atoms with Gasteiger partial charge >= 0.3 is 0 Å². The Hall–Kier alpha value is -7.28. The van der Waals surface area contributed by atoms with Gasteiger partial charge in [0.15, 0.2) is 0 Å². The third-order valence-electron chi connectivity index (χ3n) is 13.6. The molecule has 60 heavy (non-hydrogen) atoms. The molecule has 0 bridgehead atoms. The molecular formula is C60H42. The summed E-state index contributed by atoms with van der Waals surface area (Å²) in [4.78, 5) is 0. The number of hydrogen-bond acceptors (Lipinski definition) is 0. The maximum absolute atomic E-state index is 2.56. The van der Waals surface area contributed by atoms with Gasteiger partial charge in [-0.15, -0.1) is 0 Å². The van der Waals surface area contributed by atoms with Crippen LogP contribution in [0.25, 0.3) is 55.7 Å². The van der Waals surface area contributed by atoms with Crippen molar-refractivity contribution in [2.45, 2.75) is 13.8 Å². The molecular weight excluding hydrogens is 721 g/mol. The highest BCUT2D eigenvalue weighted by atomic mass is 14.5. The predicted molar refractivity (Wildman–Crippen MR) is 252 cm³/mol. The van der Waals surface area contributed by atoms with E-state index < -0.39 is 10.8 Å². The van der Waals surface area contributed by atoms with E-state index >= 15 is 0 Å². The van der Waals surface area contributed by atoms with Gasteiger partial charge in [0.1, 0.15) is 0 Å². The third-order valence-corrected chi connectivity index (χ3v) is 13.6. The van der Waals surface area contributed by atoms with Crippen LogP contribution in [-0.4, -0.2) is 0 Å². The number of rotatable bonds is 5. The summed E-state index contributed by atoms with van der Waals surface area (Å²) in [5.41, 5.74) is 19.6. The van der Waals surface area contributed by atoms with Crippen LogP contribution in [0.1, 0.15) is 22.3 Å². The fourth-order valence-electron chi connectivity index (χ4n) is 10.6. The van der Waals surface area contributed by atoms with E-state index in [-0.39, 0.29) is 0 Å². The maximum atomic E-state index is 2.56.